The van der Waals surface area contributed by atoms with E-state index in [4.69, 9.17) is 10.0 Å². The molecule has 2 aromatic rings. The van der Waals surface area contributed by atoms with E-state index in [0.29, 0.717) is 17.7 Å². The number of hydrogen-bond acceptors (Lipinski definition) is 8. The summed E-state index contributed by atoms with van der Waals surface area (Å²) in [6.45, 7) is 0.795. The van der Waals surface area contributed by atoms with Crippen molar-refractivity contribution in [2.45, 2.75) is 13.1 Å². The summed E-state index contributed by atoms with van der Waals surface area (Å²) in [5, 5.41) is 22.9. The van der Waals surface area contributed by atoms with E-state index in [-0.39, 0.29) is 31.6 Å². The van der Waals surface area contributed by atoms with Crippen LogP contribution in [-0.2, 0) is 32.2 Å². The molecule has 162 valence electrons. The third kappa shape index (κ3) is 11.0. The highest BCUT2D eigenvalue weighted by Crippen LogP contribution is 2.06. The Morgan fingerprint density at radius 3 is 1.80 bits per heavy atom. The van der Waals surface area contributed by atoms with E-state index < -0.39 is 7.12 Å². The first kappa shape index (κ1) is 25.7. The summed E-state index contributed by atoms with van der Waals surface area (Å²) >= 11 is 3.28. The Morgan fingerprint density at radius 1 is 0.933 bits per heavy atom. The van der Waals surface area contributed by atoms with E-state index >= 15 is 0 Å². The molecule has 2 amide bonds. The van der Waals surface area contributed by atoms with E-state index in [2.05, 4.69) is 46.0 Å². The summed E-state index contributed by atoms with van der Waals surface area (Å²) in [6, 6.07) is 6.87. The Kier molecular flexibility index (Phi) is 12.5. The third-order valence-electron chi connectivity index (χ3n) is 3.42. The van der Waals surface area contributed by atoms with Gasteiger partial charge in [-0.1, -0.05) is 6.07 Å². The van der Waals surface area contributed by atoms with E-state index in [0.717, 1.165) is 10.2 Å². The average molecular weight is 483 g/mol. The van der Waals surface area contributed by atoms with Crippen LogP contribution in [0.25, 0.3) is 0 Å². The predicted molar refractivity (Wildman–Crippen MR) is 113 cm³/mol. The number of nitrogens with zero attached hydrogens (tertiary/aromatic N) is 2. The zero-order chi connectivity index (χ0) is 22.4. The SMILES string of the molecule is COCC(=O)NCc1ccc(B(O)O)cn1.COCC(=O)NCc1ccc(Br)cn1. The molecule has 0 unspecified atom stereocenters. The van der Waals surface area contributed by atoms with Gasteiger partial charge in [0.05, 0.1) is 24.5 Å². The minimum atomic E-state index is -1.52. The smallest absolute Gasteiger partial charge is 0.423 e. The fourth-order valence-electron chi connectivity index (χ4n) is 1.95. The van der Waals surface area contributed by atoms with Gasteiger partial charge in [-0.3, -0.25) is 19.6 Å². The molecular weight excluding hydrogens is 459 g/mol. The van der Waals surface area contributed by atoms with Crippen LogP contribution in [-0.4, -0.2) is 66.4 Å². The zero-order valence-electron chi connectivity index (χ0n) is 16.7. The fraction of sp³-hybridized carbons (Fsp3) is 0.333. The molecule has 0 aliphatic heterocycles. The van der Waals surface area contributed by atoms with Crippen LogP contribution in [0.1, 0.15) is 11.4 Å². The molecule has 0 bridgehead atoms. The second-order valence-corrected chi connectivity index (χ2v) is 6.76. The molecular formula is C18H24BBrN4O6. The van der Waals surface area contributed by atoms with Gasteiger partial charge in [0.25, 0.3) is 0 Å². The van der Waals surface area contributed by atoms with E-state index in [9.17, 15) is 9.59 Å². The summed E-state index contributed by atoms with van der Waals surface area (Å²) in [5.74, 6) is -0.368. The van der Waals surface area contributed by atoms with Gasteiger partial charge in [0.2, 0.25) is 11.8 Å². The number of pyridine rings is 2. The number of carbonyl (C=O) groups excluding carboxylic acids is 2. The molecule has 2 rings (SSSR count). The van der Waals surface area contributed by atoms with Crippen LogP contribution in [0, 0.1) is 0 Å². The van der Waals surface area contributed by atoms with Gasteiger partial charge >= 0.3 is 7.12 Å². The molecule has 30 heavy (non-hydrogen) atoms. The minimum Gasteiger partial charge on any atom is -0.423 e. The quantitative estimate of drug-likeness (QED) is 0.338. The molecule has 0 saturated heterocycles. The Hall–Kier alpha value is -2.38. The van der Waals surface area contributed by atoms with Crippen LogP contribution in [0.3, 0.4) is 0 Å². The van der Waals surface area contributed by atoms with E-state index in [1.807, 2.05) is 12.1 Å². The molecule has 0 aromatic carbocycles. The minimum absolute atomic E-state index is 0.00738. The first-order chi connectivity index (χ1) is 14.3. The number of methoxy groups -OCH3 is 2. The lowest BCUT2D eigenvalue weighted by Crippen LogP contribution is -2.31. The molecule has 10 nitrogen and oxygen atoms in total. The van der Waals surface area contributed by atoms with Gasteiger partial charge in [-0.05, 0) is 34.1 Å². The summed E-state index contributed by atoms with van der Waals surface area (Å²) < 4.78 is 10.2. The van der Waals surface area contributed by atoms with Crippen molar-refractivity contribution >= 4 is 40.3 Å². The molecule has 12 heteroatoms. The van der Waals surface area contributed by atoms with Crippen LogP contribution in [0.15, 0.2) is 41.1 Å². The lowest BCUT2D eigenvalue weighted by molar-refractivity contribution is -0.125. The second kappa shape index (κ2) is 14.6. The summed E-state index contributed by atoms with van der Waals surface area (Å²) in [7, 11) is 1.40. The number of amides is 2. The molecule has 2 aromatic heterocycles. The van der Waals surface area contributed by atoms with Gasteiger partial charge in [-0.15, -0.1) is 0 Å². The lowest BCUT2D eigenvalue weighted by atomic mass is 9.82. The number of aromatic nitrogens is 2. The monoisotopic (exact) mass is 482 g/mol. The molecule has 0 fully saturated rings. The maximum Gasteiger partial charge on any atom is 0.490 e. The molecule has 2 heterocycles. The van der Waals surface area contributed by atoms with Crippen LogP contribution in [0.2, 0.25) is 0 Å². The van der Waals surface area contributed by atoms with Gasteiger partial charge in [-0.2, -0.15) is 0 Å². The van der Waals surface area contributed by atoms with Crippen LogP contribution in [0.5, 0.6) is 0 Å². The lowest BCUT2D eigenvalue weighted by Gasteiger charge is -2.04. The van der Waals surface area contributed by atoms with Crippen molar-refractivity contribution in [2.24, 2.45) is 0 Å². The van der Waals surface area contributed by atoms with E-state index in [1.165, 1.54) is 26.5 Å². The van der Waals surface area contributed by atoms with Crippen molar-refractivity contribution in [3.05, 3.63) is 52.5 Å². The van der Waals surface area contributed by atoms with Crippen molar-refractivity contribution < 1.29 is 29.1 Å². The predicted octanol–water partition coefficient (Wildman–Crippen LogP) is -0.869. The van der Waals surface area contributed by atoms with Crippen molar-refractivity contribution in [2.75, 3.05) is 27.4 Å². The number of halogens is 1. The van der Waals surface area contributed by atoms with Gasteiger partial charge in [0, 0.05) is 36.5 Å². The Labute approximate surface area is 183 Å². The Morgan fingerprint density at radius 2 is 1.43 bits per heavy atom. The van der Waals surface area contributed by atoms with Crippen LogP contribution < -0.4 is 16.1 Å². The first-order valence-corrected chi connectivity index (χ1v) is 9.57. The topological polar surface area (TPSA) is 143 Å². The normalized spacial score (nSPS) is 9.90. The highest BCUT2D eigenvalue weighted by atomic mass is 79.9. The summed E-state index contributed by atoms with van der Waals surface area (Å²) in [4.78, 5) is 30.1. The van der Waals surface area contributed by atoms with Gasteiger partial charge in [0.1, 0.15) is 13.2 Å². The molecule has 0 aliphatic carbocycles. The molecule has 4 N–H and O–H groups in total. The number of hydrogen-bond donors (Lipinski definition) is 4. The van der Waals surface area contributed by atoms with Gasteiger partial charge < -0.3 is 30.2 Å². The van der Waals surface area contributed by atoms with Gasteiger partial charge in [0.15, 0.2) is 0 Å². The molecule has 0 atom stereocenters. The van der Waals surface area contributed by atoms with E-state index in [1.54, 1.807) is 12.3 Å². The average Bonchev–Trinajstić information content (AvgIpc) is 2.73. The number of carbonyl (C=O) groups is 2. The number of nitrogens with one attached hydrogen (secondary N) is 2. The summed E-state index contributed by atoms with van der Waals surface area (Å²) in [6.07, 6.45) is 3.04. The second-order valence-electron chi connectivity index (χ2n) is 5.84. The maximum atomic E-state index is 11.0. The third-order valence-corrected chi connectivity index (χ3v) is 3.89. The molecule has 0 aliphatic rings. The van der Waals surface area contributed by atoms with Gasteiger partial charge in [-0.25, -0.2) is 0 Å². The number of ether oxygens (including phenoxy) is 2. The zero-order valence-corrected chi connectivity index (χ0v) is 18.3. The number of rotatable bonds is 9. The van der Waals surface area contributed by atoms with Crippen molar-refractivity contribution in [1.82, 2.24) is 20.6 Å². The molecule has 0 saturated carbocycles. The molecule has 0 spiro atoms. The van der Waals surface area contributed by atoms with Crippen molar-refractivity contribution in [1.29, 1.82) is 0 Å². The maximum absolute atomic E-state index is 11.0. The standard InChI is InChI=1S/C9H13BN2O4.C9H11BrN2O2/c1-16-6-9(13)12-5-8-3-2-7(4-11-8)10(14)15;1-14-6-9(13)12-5-8-3-2-7(10)4-11-8/h2-4,14-15H,5-6H2,1H3,(H,12,13);2-4H,5-6H2,1H3,(H,12,13). The summed E-state index contributed by atoms with van der Waals surface area (Å²) in [5.41, 5.74) is 1.76. The first-order valence-electron chi connectivity index (χ1n) is 8.78. The largest absolute Gasteiger partial charge is 0.490 e. The fourth-order valence-corrected chi connectivity index (χ4v) is 2.18. The highest BCUT2D eigenvalue weighted by molar-refractivity contribution is 9.10. The van der Waals surface area contributed by atoms with Crippen molar-refractivity contribution in [3.63, 3.8) is 0 Å². The highest BCUT2D eigenvalue weighted by Gasteiger charge is 2.10. The van der Waals surface area contributed by atoms with Crippen LogP contribution in [0.4, 0.5) is 0 Å². The van der Waals surface area contributed by atoms with Crippen molar-refractivity contribution in [3.8, 4) is 0 Å². The van der Waals surface area contributed by atoms with Crippen LogP contribution >= 0.6 is 15.9 Å². The Bertz CT molecular complexity index is 777. The Balaban J connectivity index is 0.000000303. The molecule has 0 radical (unpaired) electrons.